The van der Waals surface area contributed by atoms with Crippen molar-refractivity contribution in [2.45, 2.75) is 26.2 Å². The second kappa shape index (κ2) is 8.25. The maximum atomic E-state index is 11.2. The molecule has 1 aromatic heterocycles. The van der Waals surface area contributed by atoms with Gasteiger partial charge in [0.25, 0.3) is 0 Å². The number of hydrogen-bond acceptors (Lipinski definition) is 5. The molecule has 0 aliphatic carbocycles. The van der Waals surface area contributed by atoms with Crippen molar-refractivity contribution < 1.29 is 14.3 Å². The number of hydrazone groups is 1. The Morgan fingerprint density at radius 3 is 3.00 bits per heavy atom. The quantitative estimate of drug-likeness (QED) is 0.452. The Bertz CT molecular complexity index is 457. The number of urea groups is 1. The van der Waals surface area contributed by atoms with Crippen LogP contribution in [0.4, 0.5) is 4.79 Å². The first-order valence-electron chi connectivity index (χ1n) is 5.94. The van der Waals surface area contributed by atoms with Crippen molar-refractivity contribution in [3.05, 3.63) is 21.9 Å². The number of hydrogen-bond donors (Lipinski definition) is 2. The monoisotopic (exact) mass is 283 g/mol. The summed E-state index contributed by atoms with van der Waals surface area (Å²) in [5, 5.41) is 3.67. The van der Waals surface area contributed by atoms with Crippen LogP contribution in [-0.2, 0) is 16.0 Å². The number of primary amides is 1. The van der Waals surface area contributed by atoms with E-state index in [4.69, 9.17) is 10.5 Å². The van der Waals surface area contributed by atoms with Crippen LogP contribution in [0, 0.1) is 0 Å². The van der Waals surface area contributed by atoms with Crippen LogP contribution in [0.25, 0.3) is 0 Å². The Balaban J connectivity index is 2.32. The molecule has 0 unspecified atom stereocenters. The number of ether oxygens (including phenoxy) is 1. The van der Waals surface area contributed by atoms with Crippen molar-refractivity contribution in [1.82, 2.24) is 5.43 Å². The summed E-state index contributed by atoms with van der Waals surface area (Å²) in [7, 11) is 0. The van der Waals surface area contributed by atoms with Crippen molar-refractivity contribution in [2.75, 3.05) is 6.61 Å². The Labute approximate surface area is 115 Å². The van der Waals surface area contributed by atoms with E-state index in [-0.39, 0.29) is 5.97 Å². The summed E-state index contributed by atoms with van der Waals surface area (Å²) in [5.41, 5.74) is 7.01. The number of nitrogens with two attached hydrogens (primary N) is 1. The molecule has 104 valence electrons. The van der Waals surface area contributed by atoms with E-state index in [0.717, 1.165) is 22.6 Å². The molecule has 19 heavy (non-hydrogen) atoms. The zero-order chi connectivity index (χ0) is 14.1. The lowest BCUT2D eigenvalue weighted by Crippen LogP contribution is -2.24. The van der Waals surface area contributed by atoms with Gasteiger partial charge < -0.3 is 10.5 Å². The van der Waals surface area contributed by atoms with Gasteiger partial charge in [-0.3, -0.25) is 4.79 Å². The van der Waals surface area contributed by atoms with Gasteiger partial charge in [-0.05, 0) is 31.9 Å². The summed E-state index contributed by atoms with van der Waals surface area (Å²) in [6, 6.07) is 3.18. The molecule has 0 aliphatic heterocycles. The molecular formula is C12H17N3O3S. The van der Waals surface area contributed by atoms with Crippen LogP contribution in [-0.4, -0.2) is 24.8 Å². The van der Waals surface area contributed by atoms with E-state index in [1.54, 1.807) is 18.3 Å². The van der Waals surface area contributed by atoms with Gasteiger partial charge >= 0.3 is 12.0 Å². The van der Waals surface area contributed by atoms with Crippen molar-refractivity contribution in [3.8, 4) is 0 Å². The Morgan fingerprint density at radius 2 is 2.32 bits per heavy atom. The number of carbonyl (C=O) groups excluding carboxylic acids is 2. The van der Waals surface area contributed by atoms with Gasteiger partial charge in [0.05, 0.1) is 12.8 Å². The van der Waals surface area contributed by atoms with Gasteiger partial charge in [0, 0.05) is 16.2 Å². The third-order valence-electron chi connectivity index (χ3n) is 2.16. The van der Waals surface area contributed by atoms with Crippen LogP contribution in [0.2, 0.25) is 0 Å². The number of esters is 1. The van der Waals surface area contributed by atoms with Crippen LogP contribution in [0.3, 0.4) is 0 Å². The predicted octanol–water partition coefficient (Wildman–Crippen LogP) is 1.64. The molecule has 0 spiro atoms. The summed E-state index contributed by atoms with van der Waals surface area (Å²) >= 11 is 1.56. The first-order valence-corrected chi connectivity index (χ1v) is 6.76. The minimum absolute atomic E-state index is 0.161. The first kappa shape index (κ1) is 15.2. The summed E-state index contributed by atoms with van der Waals surface area (Å²) < 4.78 is 4.85. The minimum Gasteiger partial charge on any atom is -0.466 e. The molecule has 1 rings (SSSR count). The molecule has 0 bridgehead atoms. The largest absolute Gasteiger partial charge is 0.466 e. The lowest BCUT2D eigenvalue weighted by Gasteiger charge is -2.00. The zero-order valence-electron chi connectivity index (χ0n) is 10.7. The van der Waals surface area contributed by atoms with Gasteiger partial charge in [-0.25, -0.2) is 10.2 Å². The van der Waals surface area contributed by atoms with Crippen LogP contribution in [0.15, 0.2) is 17.2 Å². The fraction of sp³-hybridized carbons (Fsp3) is 0.417. The van der Waals surface area contributed by atoms with Crippen molar-refractivity contribution in [2.24, 2.45) is 10.8 Å². The molecule has 0 saturated heterocycles. The normalized spacial score (nSPS) is 10.6. The van der Waals surface area contributed by atoms with E-state index in [2.05, 4.69) is 10.5 Å². The van der Waals surface area contributed by atoms with Gasteiger partial charge in [-0.2, -0.15) is 5.10 Å². The third kappa shape index (κ3) is 6.56. The average Bonchev–Trinajstić information content (AvgIpc) is 2.77. The molecule has 7 heteroatoms. The number of amides is 2. The molecule has 0 fully saturated rings. The third-order valence-corrected chi connectivity index (χ3v) is 3.24. The number of nitrogens with zero attached hydrogens (tertiary/aromatic N) is 1. The minimum atomic E-state index is -0.692. The fourth-order valence-corrected chi connectivity index (χ4v) is 2.32. The van der Waals surface area contributed by atoms with Crippen molar-refractivity contribution in [1.29, 1.82) is 0 Å². The Kier molecular flexibility index (Phi) is 6.59. The highest BCUT2D eigenvalue weighted by atomic mass is 32.1. The topological polar surface area (TPSA) is 93.8 Å². The predicted molar refractivity (Wildman–Crippen MR) is 74.2 cm³/mol. The van der Waals surface area contributed by atoms with E-state index >= 15 is 0 Å². The maximum Gasteiger partial charge on any atom is 0.332 e. The Hall–Kier alpha value is -1.89. The van der Waals surface area contributed by atoms with Crippen LogP contribution < -0.4 is 11.2 Å². The molecule has 1 aromatic rings. The van der Waals surface area contributed by atoms with E-state index in [0.29, 0.717) is 13.0 Å². The van der Waals surface area contributed by atoms with Crippen molar-refractivity contribution in [3.63, 3.8) is 0 Å². The number of carbonyl (C=O) groups is 2. The lowest BCUT2D eigenvalue weighted by molar-refractivity contribution is -0.143. The van der Waals surface area contributed by atoms with Gasteiger partial charge in [0.1, 0.15) is 0 Å². The number of thiophene rings is 1. The highest BCUT2D eigenvalue weighted by molar-refractivity contribution is 7.13. The van der Waals surface area contributed by atoms with Crippen LogP contribution in [0.5, 0.6) is 0 Å². The molecule has 0 radical (unpaired) electrons. The molecular weight excluding hydrogens is 266 g/mol. The number of nitrogens with one attached hydrogen (secondary N) is 1. The maximum absolute atomic E-state index is 11.2. The highest BCUT2D eigenvalue weighted by Crippen LogP contribution is 2.17. The lowest BCUT2D eigenvalue weighted by atomic mass is 10.2. The molecule has 0 aromatic carbocycles. The van der Waals surface area contributed by atoms with Gasteiger partial charge in [-0.1, -0.05) is 0 Å². The van der Waals surface area contributed by atoms with Crippen LogP contribution >= 0.6 is 11.3 Å². The second-order valence-corrected chi connectivity index (χ2v) is 4.90. The molecule has 2 amide bonds. The second-order valence-electron chi connectivity index (χ2n) is 3.70. The highest BCUT2D eigenvalue weighted by Gasteiger charge is 2.03. The molecule has 1 heterocycles. The zero-order valence-corrected chi connectivity index (χ0v) is 11.5. The van der Waals surface area contributed by atoms with Gasteiger partial charge in [0.15, 0.2) is 0 Å². The van der Waals surface area contributed by atoms with E-state index in [1.165, 1.54) is 6.21 Å². The fourth-order valence-electron chi connectivity index (χ4n) is 1.40. The van der Waals surface area contributed by atoms with Crippen LogP contribution in [0.1, 0.15) is 29.5 Å². The summed E-state index contributed by atoms with van der Waals surface area (Å²) in [6.07, 6.45) is 3.54. The smallest absolute Gasteiger partial charge is 0.332 e. The molecule has 0 saturated carbocycles. The summed E-state index contributed by atoms with van der Waals surface area (Å²) in [5.74, 6) is -0.161. The van der Waals surface area contributed by atoms with E-state index in [1.807, 2.05) is 12.1 Å². The van der Waals surface area contributed by atoms with Gasteiger partial charge in [-0.15, -0.1) is 11.3 Å². The van der Waals surface area contributed by atoms with Gasteiger partial charge in [0.2, 0.25) is 0 Å². The number of rotatable bonds is 7. The summed E-state index contributed by atoms with van der Waals surface area (Å²) in [4.78, 5) is 23.6. The first-order chi connectivity index (χ1) is 9.11. The van der Waals surface area contributed by atoms with E-state index < -0.39 is 6.03 Å². The van der Waals surface area contributed by atoms with Crippen molar-refractivity contribution >= 4 is 29.6 Å². The molecule has 0 aliphatic rings. The molecule has 6 nitrogen and oxygen atoms in total. The SMILES string of the molecule is CCOC(=O)CCCc1ccc(/C=N/NC(N)=O)s1. The summed E-state index contributed by atoms with van der Waals surface area (Å²) in [6.45, 7) is 2.22. The number of aryl methyl sites for hydroxylation is 1. The van der Waals surface area contributed by atoms with E-state index in [9.17, 15) is 9.59 Å². The average molecular weight is 283 g/mol. The standard InChI is InChI=1S/C12H17N3O3S/c1-2-18-11(16)5-3-4-9-6-7-10(19-9)8-14-15-12(13)17/h6-8H,2-5H2,1H3,(H3,13,15,17)/b14-8+. The molecule has 0 atom stereocenters. The molecule has 3 N–H and O–H groups in total. The Morgan fingerprint density at radius 1 is 1.53 bits per heavy atom.